The first-order chi connectivity index (χ1) is 10.8. The van der Waals surface area contributed by atoms with Crippen LogP contribution in [0.15, 0.2) is 24.5 Å². The number of aromatic nitrogens is 4. The van der Waals surface area contributed by atoms with Gasteiger partial charge in [0.15, 0.2) is 11.5 Å². The van der Waals surface area contributed by atoms with Gasteiger partial charge in [0.1, 0.15) is 5.60 Å². The maximum absolute atomic E-state index is 12.6. The molecule has 124 valence electrons. The molecule has 3 heterocycles. The number of alkyl halides is 3. The molecule has 0 spiro atoms. The van der Waals surface area contributed by atoms with Gasteiger partial charge in [-0.1, -0.05) is 0 Å². The Morgan fingerprint density at radius 1 is 1.26 bits per heavy atom. The third-order valence-electron chi connectivity index (χ3n) is 3.85. The Labute approximate surface area is 130 Å². The lowest BCUT2D eigenvalue weighted by Crippen LogP contribution is -2.48. The van der Waals surface area contributed by atoms with Crippen LogP contribution in [0.5, 0.6) is 0 Å². The second-order valence-electron chi connectivity index (χ2n) is 5.68. The standard InChI is InChI=1S/C14H16F3N5O/c1-13(10-7-18-21(2)8-10)9-22(5-6-23-13)12-4-3-11(19-20-12)14(15,16)17/h3-4,7-8H,5-6,9H2,1-2H3. The van der Waals surface area contributed by atoms with Gasteiger partial charge in [0.05, 0.1) is 19.3 Å². The number of hydrogen-bond acceptors (Lipinski definition) is 5. The summed E-state index contributed by atoms with van der Waals surface area (Å²) >= 11 is 0. The Hall–Kier alpha value is -2.16. The highest BCUT2D eigenvalue weighted by Gasteiger charge is 2.36. The zero-order valence-corrected chi connectivity index (χ0v) is 12.7. The van der Waals surface area contributed by atoms with E-state index in [0.29, 0.717) is 25.5 Å². The average Bonchev–Trinajstić information content (AvgIpc) is 2.94. The smallest absolute Gasteiger partial charge is 0.367 e. The quantitative estimate of drug-likeness (QED) is 0.844. The van der Waals surface area contributed by atoms with E-state index in [9.17, 15) is 13.2 Å². The first-order valence-corrected chi connectivity index (χ1v) is 7.07. The van der Waals surface area contributed by atoms with Gasteiger partial charge in [-0.25, -0.2) is 0 Å². The van der Waals surface area contributed by atoms with Gasteiger partial charge in [-0.3, -0.25) is 4.68 Å². The lowest BCUT2D eigenvalue weighted by atomic mass is 9.97. The lowest BCUT2D eigenvalue weighted by Gasteiger charge is -2.40. The first-order valence-electron chi connectivity index (χ1n) is 7.07. The molecule has 0 aliphatic carbocycles. The molecule has 2 aromatic rings. The van der Waals surface area contributed by atoms with Crippen molar-refractivity contribution in [1.29, 1.82) is 0 Å². The summed E-state index contributed by atoms with van der Waals surface area (Å²) in [4.78, 5) is 1.86. The molecule has 1 saturated heterocycles. The van der Waals surface area contributed by atoms with E-state index in [1.54, 1.807) is 10.9 Å². The molecule has 1 aliphatic heterocycles. The molecule has 0 N–H and O–H groups in total. The van der Waals surface area contributed by atoms with E-state index in [2.05, 4.69) is 15.3 Å². The molecular formula is C14H16F3N5O. The van der Waals surface area contributed by atoms with E-state index in [0.717, 1.165) is 11.6 Å². The van der Waals surface area contributed by atoms with Gasteiger partial charge in [-0.05, 0) is 19.1 Å². The van der Waals surface area contributed by atoms with Crippen LogP contribution in [0.1, 0.15) is 18.2 Å². The van der Waals surface area contributed by atoms with Crippen LogP contribution in [0.25, 0.3) is 0 Å². The van der Waals surface area contributed by atoms with Crippen molar-refractivity contribution in [3.8, 4) is 0 Å². The van der Waals surface area contributed by atoms with Crippen LogP contribution in [0.3, 0.4) is 0 Å². The van der Waals surface area contributed by atoms with Crippen molar-refractivity contribution >= 4 is 5.82 Å². The molecule has 23 heavy (non-hydrogen) atoms. The second kappa shape index (κ2) is 5.48. The van der Waals surface area contributed by atoms with Gasteiger partial charge in [-0.2, -0.15) is 18.3 Å². The maximum Gasteiger partial charge on any atom is 0.435 e. The van der Waals surface area contributed by atoms with Crippen LogP contribution in [-0.2, 0) is 23.6 Å². The molecule has 3 rings (SSSR count). The van der Waals surface area contributed by atoms with Crippen molar-refractivity contribution in [3.05, 3.63) is 35.8 Å². The van der Waals surface area contributed by atoms with Crippen LogP contribution >= 0.6 is 0 Å². The highest BCUT2D eigenvalue weighted by atomic mass is 19.4. The van der Waals surface area contributed by atoms with Crippen LogP contribution in [0.4, 0.5) is 19.0 Å². The van der Waals surface area contributed by atoms with E-state index in [1.807, 2.05) is 25.1 Å². The summed E-state index contributed by atoms with van der Waals surface area (Å²) < 4.78 is 45.2. The van der Waals surface area contributed by atoms with Crippen molar-refractivity contribution in [3.63, 3.8) is 0 Å². The largest absolute Gasteiger partial charge is 0.435 e. The fraction of sp³-hybridized carbons (Fsp3) is 0.500. The Balaban J connectivity index is 1.81. The van der Waals surface area contributed by atoms with Gasteiger partial charge in [-0.15, -0.1) is 10.2 Å². The normalized spacial score (nSPS) is 22.4. The zero-order chi connectivity index (χ0) is 16.7. The molecular weight excluding hydrogens is 311 g/mol. The number of halogens is 3. The third-order valence-corrected chi connectivity index (χ3v) is 3.85. The van der Waals surface area contributed by atoms with Gasteiger partial charge in [0.2, 0.25) is 0 Å². The molecule has 9 heteroatoms. The van der Waals surface area contributed by atoms with E-state index >= 15 is 0 Å². The fourth-order valence-electron chi connectivity index (χ4n) is 2.58. The predicted molar refractivity (Wildman–Crippen MR) is 75.8 cm³/mol. The van der Waals surface area contributed by atoms with Crippen molar-refractivity contribution < 1.29 is 17.9 Å². The summed E-state index contributed by atoms with van der Waals surface area (Å²) in [6.07, 6.45) is -0.898. The van der Waals surface area contributed by atoms with Crippen LogP contribution in [0, 0.1) is 0 Å². The number of ether oxygens (including phenoxy) is 1. The second-order valence-corrected chi connectivity index (χ2v) is 5.68. The summed E-state index contributed by atoms with van der Waals surface area (Å²) in [6, 6.07) is 2.28. The molecule has 0 saturated carbocycles. The molecule has 1 unspecified atom stereocenters. The van der Waals surface area contributed by atoms with Crippen molar-refractivity contribution in [2.75, 3.05) is 24.6 Å². The monoisotopic (exact) mass is 327 g/mol. The average molecular weight is 327 g/mol. The predicted octanol–water partition coefficient (Wildman–Crippen LogP) is 1.98. The molecule has 1 fully saturated rings. The number of morpholine rings is 1. The van der Waals surface area contributed by atoms with Gasteiger partial charge >= 0.3 is 6.18 Å². The Kier molecular flexibility index (Phi) is 3.75. The molecule has 0 aromatic carbocycles. The van der Waals surface area contributed by atoms with Crippen molar-refractivity contribution in [2.45, 2.75) is 18.7 Å². The minimum Gasteiger partial charge on any atom is -0.367 e. The highest BCUT2D eigenvalue weighted by molar-refractivity contribution is 5.40. The summed E-state index contributed by atoms with van der Waals surface area (Å²) in [6.45, 7) is 3.36. The Morgan fingerprint density at radius 2 is 2.04 bits per heavy atom. The number of rotatable bonds is 2. The molecule has 1 aliphatic rings. The molecule has 1 atom stereocenters. The number of aryl methyl sites for hydroxylation is 1. The van der Waals surface area contributed by atoms with E-state index < -0.39 is 17.5 Å². The molecule has 0 amide bonds. The summed E-state index contributed by atoms with van der Waals surface area (Å²) in [7, 11) is 1.81. The van der Waals surface area contributed by atoms with Gasteiger partial charge < -0.3 is 9.64 Å². The minimum absolute atomic E-state index is 0.399. The molecule has 2 aromatic heterocycles. The molecule has 6 nitrogen and oxygen atoms in total. The Morgan fingerprint density at radius 3 is 2.61 bits per heavy atom. The number of anilines is 1. The first kappa shape index (κ1) is 15.7. The fourth-order valence-corrected chi connectivity index (χ4v) is 2.58. The van der Waals surface area contributed by atoms with Crippen LogP contribution < -0.4 is 4.90 Å². The third kappa shape index (κ3) is 3.14. The van der Waals surface area contributed by atoms with E-state index in [1.165, 1.54) is 6.07 Å². The summed E-state index contributed by atoms with van der Waals surface area (Å²) in [5.41, 5.74) is -0.689. The van der Waals surface area contributed by atoms with E-state index in [-0.39, 0.29) is 0 Å². The van der Waals surface area contributed by atoms with Gasteiger partial charge in [0.25, 0.3) is 0 Å². The summed E-state index contributed by atoms with van der Waals surface area (Å²) in [5.74, 6) is 0.399. The molecule has 0 bridgehead atoms. The molecule has 0 radical (unpaired) electrons. The minimum atomic E-state index is -4.49. The maximum atomic E-state index is 12.6. The highest BCUT2D eigenvalue weighted by Crippen LogP contribution is 2.32. The van der Waals surface area contributed by atoms with Crippen LogP contribution in [-0.4, -0.2) is 39.7 Å². The van der Waals surface area contributed by atoms with Crippen LogP contribution in [0.2, 0.25) is 0 Å². The SMILES string of the molecule is Cn1cc(C2(C)CN(c3ccc(C(F)(F)F)nn3)CCO2)cn1. The van der Waals surface area contributed by atoms with Gasteiger partial charge in [0, 0.05) is 25.4 Å². The van der Waals surface area contributed by atoms with Crippen molar-refractivity contribution in [2.24, 2.45) is 7.05 Å². The Bertz CT molecular complexity index is 684. The number of nitrogens with zero attached hydrogens (tertiary/aromatic N) is 5. The summed E-state index contributed by atoms with van der Waals surface area (Å²) in [5, 5.41) is 11.1. The zero-order valence-electron chi connectivity index (χ0n) is 12.7. The topological polar surface area (TPSA) is 56.1 Å². The van der Waals surface area contributed by atoms with Crippen molar-refractivity contribution in [1.82, 2.24) is 20.0 Å². The van der Waals surface area contributed by atoms with E-state index in [4.69, 9.17) is 4.74 Å². The lowest BCUT2D eigenvalue weighted by molar-refractivity contribution is -0.141. The number of hydrogen-bond donors (Lipinski definition) is 0.